The zero-order chi connectivity index (χ0) is 14.6. The highest BCUT2D eigenvalue weighted by Gasteiger charge is 2.33. The van der Waals surface area contributed by atoms with Crippen molar-refractivity contribution in [3.05, 3.63) is 30.1 Å². The number of nitrogens with zero attached hydrogens (tertiary/aromatic N) is 2. The van der Waals surface area contributed by atoms with E-state index in [2.05, 4.69) is 4.98 Å². The highest BCUT2D eigenvalue weighted by atomic mass is 32.2. The van der Waals surface area contributed by atoms with Crippen molar-refractivity contribution in [1.82, 2.24) is 9.29 Å². The first-order chi connectivity index (χ1) is 9.50. The van der Waals surface area contributed by atoms with E-state index < -0.39 is 10.0 Å². The van der Waals surface area contributed by atoms with Gasteiger partial charge in [-0.25, -0.2) is 8.42 Å². The highest BCUT2D eigenvalue weighted by molar-refractivity contribution is 7.89. The number of nitrogens with two attached hydrogens (primary N) is 1. The summed E-state index contributed by atoms with van der Waals surface area (Å²) in [6, 6.07) is 3.54. The molecule has 0 amide bonds. The Labute approximate surface area is 121 Å². The minimum Gasteiger partial charge on any atom is -0.326 e. The summed E-state index contributed by atoms with van der Waals surface area (Å²) < 4.78 is 26.7. The van der Waals surface area contributed by atoms with Crippen LogP contribution in [0.3, 0.4) is 0 Å². The van der Waals surface area contributed by atoms with E-state index in [-0.39, 0.29) is 17.8 Å². The maximum absolute atomic E-state index is 12.5. The first-order valence-corrected chi connectivity index (χ1v) is 8.75. The Bertz CT molecular complexity index is 516. The van der Waals surface area contributed by atoms with Gasteiger partial charge in [-0.1, -0.05) is 6.42 Å². The monoisotopic (exact) mass is 297 g/mol. The second-order valence-electron chi connectivity index (χ2n) is 5.45. The lowest BCUT2D eigenvalue weighted by Gasteiger charge is -2.36. The molecule has 1 saturated heterocycles. The summed E-state index contributed by atoms with van der Waals surface area (Å²) >= 11 is 0. The average Bonchev–Trinajstić information content (AvgIpc) is 2.46. The Morgan fingerprint density at radius 2 is 2.10 bits per heavy atom. The lowest BCUT2D eigenvalue weighted by atomic mass is 10.00. The molecule has 112 valence electrons. The molecule has 1 aromatic rings. The Kier molecular flexibility index (Phi) is 5.12. The molecule has 1 aliphatic heterocycles. The van der Waals surface area contributed by atoms with Crippen LogP contribution < -0.4 is 5.73 Å². The van der Waals surface area contributed by atoms with E-state index in [1.54, 1.807) is 16.7 Å². The van der Waals surface area contributed by atoms with E-state index in [1.165, 1.54) is 0 Å². The molecule has 1 aliphatic rings. The second-order valence-corrected chi connectivity index (χ2v) is 7.50. The lowest BCUT2D eigenvalue weighted by Crippen LogP contribution is -2.52. The molecule has 0 spiro atoms. The molecule has 20 heavy (non-hydrogen) atoms. The number of hydrogen-bond acceptors (Lipinski definition) is 4. The van der Waals surface area contributed by atoms with Crippen LogP contribution in [0.5, 0.6) is 0 Å². The molecular formula is C14H23N3O2S. The summed E-state index contributed by atoms with van der Waals surface area (Å²) in [7, 11) is -3.24. The molecule has 0 saturated carbocycles. The number of sulfonamides is 1. The molecule has 5 nitrogen and oxygen atoms in total. The van der Waals surface area contributed by atoms with Gasteiger partial charge in [0.25, 0.3) is 0 Å². The van der Waals surface area contributed by atoms with Gasteiger partial charge in [0.2, 0.25) is 10.0 Å². The summed E-state index contributed by atoms with van der Waals surface area (Å²) in [4.78, 5) is 3.94. The summed E-state index contributed by atoms with van der Waals surface area (Å²) in [5.74, 6) is 0.139. The molecule has 0 aromatic carbocycles. The minimum atomic E-state index is -3.24. The quantitative estimate of drug-likeness (QED) is 0.884. The first kappa shape index (κ1) is 15.4. The normalized spacial score (nSPS) is 22.6. The number of pyridine rings is 1. The predicted octanol–water partition coefficient (Wildman–Crippen LogP) is 1.16. The third-order valence-corrected chi connectivity index (χ3v) is 5.75. The fourth-order valence-corrected chi connectivity index (χ4v) is 4.56. The third-order valence-electron chi connectivity index (χ3n) is 3.86. The molecule has 2 heterocycles. The SMILES string of the molecule is CC(N)C1CCCCN1S(=O)(=O)CCc1ccncc1. The third kappa shape index (κ3) is 3.77. The second kappa shape index (κ2) is 6.65. The fraction of sp³-hybridized carbons (Fsp3) is 0.643. The number of hydrogen-bond donors (Lipinski definition) is 1. The zero-order valence-electron chi connectivity index (χ0n) is 11.9. The summed E-state index contributed by atoms with van der Waals surface area (Å²) in [6.45, 7) is 2.49. The Morgan fingerprint density at radius 1 is 1.40 bits per heavy atom. The van der Waals surface area contributed by atoms with Crippen molar-refractivity contribution in [2.24, 2.45) is 5.73 Å². The number of aryl methyl sites for hydroxylation is 1. The van der Waals surface area contributed by atoms with Crippen molar-refractivity contribution in [3.63, 3.8) is 0 Å². The molecule has 2 rings (SSSR count). The Hall–Kier alpha value is -0.980. The average molecular weight is 297 g/mol. The van der Waals surface area contributed by atoms with Gasteiger partial charge < -0.3 is 5.73 Å². The van der Waals surface area contributed by atoms with Gasteiger partial charge in [0.05, 0.1) is 5.75 Å². The van der Waals surface area contributed by atoms with Crippen LogP contribution in [0.4, 0.5) is 0 Å². The van der Waals surface area contributed by atoms with E-state index in [4.69, 9.17) is 5.73 Å². The summed E-state index contributed by atoms with van der Waals surface area (Å²) in [6.07, 6.45) is 6.75. The molecule has 2 unspecified atom stereocenters. The van der Waals surface area contributed by atoms with Crippen LogP contribution in [0.2, 0.25) is 0 Å². The number of rotatable bonds is 5. The van der Waals surface area contributed by atoms with Crippen molar-refractivity contribution < 1.29 is 8.42 Å². The van der Waals surface area contributed by atoms with Crippen LogP contribution in [-0.2, 0) is 16.4 Å². The van der Waals surface area contributed by atoms with Gasteiger partial charge in [-0.05, 0) is 43.9 Å². The van der Waals surface area contributed by atoms with E-state index in [9.17, 15) is 8.42 Å². The van der Waals surface area contributed by atoms with E-state index in [1.807, 2.05) is 19.1 Å². The van der Waals surface area contributed by atoms with Crippen LogP contribution in [0, 0.1) is 0 Å². The van der Waals surface area contributed by atoms with Crippen LogP contribution in [0.1, 0.15) is 31.7 Å². The maximum Gasteiger partial charge on any atom is 0.214 e. The number of piperidine rings is 1. The molecule has 2 atom stereocenters. The minimum absolute atomic E-state index is 0.0498. The molecule has 0 aliphatic carbocycles. The summed E-state index contributed by atoms with van der Waals surface area (Å²) in [5.41, 5.74) is 6.95. The Morgan fingerprint density at radius 3 is 2.75 bits per heavy atom. The fourth-order valence-electron chi connectivity index (χ4n) is 2.71. The van der Waals surface area contributed by atoms with Crippen LogP contribution >= 0.6 is 0 Å². The first-order valence-electron chi connectivity index (χ1n) is 7.15. The van der Waals surface area contributed by atoms with Gasteiger partial charge in [-0.3, -0.25) is 4.98 Å². The van der Waals surface area contributed by atoms with E-state index in [0.717, 1.165) is 24.8 Å². The predicted molar refractivity (Wildman–Crippen MR) is 79.7 cm³/mol. The van der Waals surface area contributed by atoms with Gasteiger partial charge in [0.1, 0.15) is 0 Å². The van der Waals surface area contributed by atoms with Crippen molar-refractivity contribution in [2.75, 3.05) is 12.3 Å². The number of aromatic nitrogens is 1. The largest absolute Gasteiger partial charge is 0.326 e. The smallest absolute Gasteiger partial charge is 0.214 e. The molecular weight excluding hydrogens is 274 g/mol. The maximum atomic E-state index is 12.5. The molecule has 1 fully saturated rings. The lowest BCUT2D eigenvalue weighted by molar-refractivity contribution is 0.227. The van der Waals surface area contributed by atoms with Gasteiger partial charge in [0, 0.05) is 31.0 Å². The standard InChI is InChI=1S/C14H23N3O2S/c1-12(15)14-4-2-3-10-17(14)20(18,19)11-7-13-5-8-16-9-6-13/h5-6,8-9,12,14H,2-4,7,10-11,15H2,1H3. The van der Waals surface area contributed by atoms with Crippen LogP contribution in [0.15, 0.2) is 24.5 Å². The van der Waals surface area contributed by atoms with E-state index in [0.29, 0.717) is 13.0 Å². The molecule has 0 bridgehead atoms. The molecule has 1 aromatic heterocycles. The van der Waals surface area contributed by atoms with Crippen molar-refractivity contribution in [3.8, 4) is 0 Å². The van der Waals surface area contributed by atoms with Crippen molar-refractivity contribution in [2.45, 2.75) is 44.7 Å². The highest BCUT2D eigenvalue weighted by Crippen LogP contribution is 2.23. The molecule has 6 heteroatoms. The molecule has 0 radical (unpaired) electrons. The van der Waals surface area contributed by atoms with Gasteiger partial charge in [-0.15, -0.1) is 0 Å². The zero-order valence-corrected chi connectivity index (χ0v) is 12.7. The topological polar surface area (TPSA) is 76.3 Å². The van der Waals surface area contributed by atoms with Crippen LogP contribution in [-0.4, -0.2) is 42.1 Å². The van der Waals surface area contributed by atoms with Gasteiger partial charge in [-0.2, -0.15) is 4.31 Å². The summed E-state index contributed by atoms with van der Waals surface area (Å²) in [5, 5.41) is 0. The van der Waals surface area contributed by atoms with Gasteiger partial charge >= 0.3 is 0 Å². The van der Waals surface area contributed by atoms with Gasteiger partial charge in [0.15, 0.2) is 0 Å². The van der Waals surface area contributed by atoms with E-state index >= 15 is 0 Å². The molecule has 2 N–H and O–H groups in total. The van der Waals surface area contributed by atoms with Crippen molar-refractivity contribution >= 4 is 10.0 Å². The van der Waals surface area contributed by atoms with Crippen LogP contribution in [0.25, 0.3) is 0 Å². The van der Waals surface area contributed by atoms with Crippen molar-refractivity contribution in [1.29, 1.82) is 0 Å². The Balaban J connectivity index is 2.05.